The van der Waals surface area contributed by atoms with E-state index in [0.29, 0.717) is 17.5 Å². The fraction of sp³-hybridized carbons (Fsp3) is 0.235. The number of halogens is 1. The molecule has 1 aliphatic carbocycles. The van der Waals surface area contributed by atoms with Crippen LogP contribution in [-0.2, 0) is 0 Å². The molecular weight excluding hydrogens is 336 g/mol. The molecule has 0 unspecified atom stereocenters. The third-order valence-electron chi connectivity index (χ3n) is 4.09. The zero-order valence-corrected chi connectivity index (χ0v) is 15.6. The Hall–Kier alpha value is -1.96. The van der Waals surface area contributed by atoms with E-state index in [-0.39, 0.29) is 47.2 Å². The van der Waals surface area contributed by atoms with Gasteiger partial charge in [-0.3, -0.25) is 0 Å². The molecule has 0 amide bonds. The van der Waals surface area contributed by atoms with Gasteiger partial charge in [0.05, 0.1) is 12.4 Å². The molecule has 0 N–H and O–H groups in total. The van der Waals surface area contributed by atoms with Crippen LogP contribution in [0.5, 0.6) is 11.8 Å². The van der Waals surface area contributed by atoms with Crippen LogP contribution in [0, 0.1) is 5.82 Å². The fourth-order valence-electron chi connectivity index (χ4n) is 2.72. The number of rotatable bonds is 4. The Morgan fingerprint density at radius 1 is 1.12 bits per heavy atom. The molecule has 4 rings (SSSR count). The molecule has 0 atom stereocenters. The molecular formula is C17H13FN3NaO3. The molecule has 0 bridgehead atoms. The van der Waals surface area contributed by atoms with Gasteiger partial charge >= 0.3 is 29.6 Å². The maximum absolute atomic E-state index is 12.9. The molecule has 2 heterocycles. The second-order valence-electron chi connectivity index (χ2n) is 5.73. The minimum absolute atomic E-state index is 0. The van der Waals surface area contributed by atoms with Crippen LogP contribution < -0.4 is 39.4 Å². The summed E-state index contributed by atoms with van der Waals surface area (Å²) >= 11 is 0. The molecule has 6 nitrogen and oxygen atoms in total. The van der Waals surface area contributed by atoms with E-state index in [1.807, 2.05) is 12.1 Å². The van der Waals surface area contributed by atoms with Crippen molar-refractivity contribution in [3.63, 3.8) is 0 Å². The quantitative estimate of drug-likeness (QED) is 0.600. The fourth-order valence-corrected chi connectivity index (χ4v) is 2.72. The van der Waals surface area contributed by atoms with Crippen LogP contribution in [0.25, 0.3) is 11.5 Å². The summed E-state index contributed by atoms with van der Waals surface area (Å²) in [6.07, 6.45) is 4.76. The van der Waals surface area contributed by atoms with Gasteiger partial charge in [-0.2, -0.15) is 0 Å². The molecule has 8 heteroatoms. The first-order chi connectivity index (χ1) is 11.7. The zero-order chi connectivity index (χ0) is 16.5. The van der Waals surface area contributed by atoms with Gasteiger partial charge in [0.2, 0.25) is 5.88 Å². The second kappa shape index (κ2) is 7.51. The number of aromatic nitrogens is 3. The van der Waals surface area contributed by atoms with Gasteiger partial charge in [0.25, 0.3) is 0 Å². The van der Waals surface area contributed by atoms with Crippen molar-refractivity contribution in [3.05, 3.63) is 54.1 Å². The Bertz CT molecular complexity index is 833. The van der Waals surface area contributed by atoms with E-state index in [1.54, 1.807) is 0 Å². The number of hydrogen-bond acceptors (Lipinski definition) is 6. The molecule has 0 saturated heterocycles. The van der Waals surface area contributed by atoms with E-state index in [1.165, 1.54) is 30.6 Å². The van der Waals surface area contributed by atoms with Crippen molar-refractivity contribution in [1.82, 2.24) is 15.1 Å². The number of nitrogens with zero attached hydrogens (tertiary/aromatic N) is 3. The maximum atomic E-state index is 12.9. The van der Waals surface area contributed by atoms with Crippen LogP contribution in [0.2, 0.25) is 0 Å². The van der Waals surface area contributed by atoms with Crippen molar-refractivity contribution in [2.45, 2.75) is 24.9 Å². The standard InChI is InChI=1S/C17H14FN3O3.Na/c18-12-3-1-10(2-4-12)11-5-13(6-11)23-17-9-19-14(8-20-17)15-7-16(22)21-24-15;/h1-4,7-9,11,13H,5-6H2,(H,21,22);/q;+1/p-1. The molecule has 3 aromatic rings. The van der Waals surface area contributed by atoms with Crippen molar-refractivity contribution < 1.29 is 48.3 Å². The van der Waals surface area contributed by atoms with Crippen molar-refractivity contribution in [2.75, 3.05) is 0 Å². The van der Waals surface area contributed by atoms with Gasteiger partial charge in [-0.25, -0.2) is 14.4 Å². The first kappa shape index (κ1) is 17.8. The minimum atomic E-state index is -0.451. The Morgan fingerprint density at radius 2 is 1.88 bits per heavy atom. The number of ether oxygens (including phenoxy) is 1. The van der Waals surface area contributed by atoms with Crippen LogP contribution in [-0.4, -0.2) is 21.2 Å². The monoisotopic (exact) mass is 349 g/mol. The second-order valence-corrected chi connectivity index (χ2v) is 5.73. The first-order valence-corrected chi connectivity index (χ1v) is 7.55. The molecule has 1 aliphatic rings. The van der Waals surface area contributed by atoms with Gasteiger partial charge in [-0.15, -0.1) is 0 Å². The smallest absolute Gasteiger partial charge is 0.856 e. The summed E-state index contributed by atoms with van der Waals surface area (Å²) in [7, 11) is 0. The Labute approximate surface area is 165 Å². The molecule has 2 aromatic heterocycles. The average molecular weight is 349 g/mol. The van der Waals surface area contributed by atoms with Crippen LogP contribution in [0.15, 0.2) is 47.2 Å². The largest absolute Gasteiger partial charge is 1.00 e. The van der Waals surface area contributed by atoms with E-state index < -0.39 is 5.88 Å². The van der Waals surface area contributed by atoms with Crippen molar-refractivity contribution in [2.24, 2.45) is 0 Å². The summed E-state index contributed by atoms with van der Waals surface area (Å²) in [6.45, 7) is 0. The van der Waals surface area contributed by atoms with Crippen molar-refractivity contribution in [1.29, 1.82) is 0 Å². The number of hydrogen-bond donors (Lipinski definition) is 0. The van der Waals surface area contributed by atoms with Gasteiger partial charge in [-0.1, -0.05) is 17.3 Å². The third kappa shape index (κ3) is 4.00. The van der Waals surface area contributed by atoms with Gasteiger partial charge in [0.1, 0.15) is 17.6 Å². The van der Waals surface area contributed by atoms with E-state index in [9.17, 15) is 9.50 Å². The van der Waals surface area contributed by atoms with Crippen LogP contribution >= 0.6 is 0 Å². The van der Waals surface area contributed by atoms with Crippen molar-refractivity contribution >= 4 is 0 Å². The minimum Gasteiger partial charge on any atom is -0.856 e. The maximum Gasteiger partial charge on any atom is 1.00 e. The molecule has 0 aliphatic heterocycles. The van der Waals surface area contributed by atoms with Crippen molar-refractivity contribution in [3.8, 4) is 23.2 Å². The predicted octanol–water partition coefficient (Wildman–Crippen LogP) is -0.327. The first-order valence-electron chi connectivity index (χ1n) is 7.55. The van der Waals surface area contributed by atoms with Gasteiger partial charge < -0.3 is 14.4 Å². The topological polar surface area (TPSA) is 84.1 Å². The Balaban J connectivity index is 0.00000182. The summed E-state index contributed by atoms with van der Waals surface area (Å²) in [5, 5.41) is 14.3. The molecule has 0 radical (unpaired) electrons. The summed E-state index contributed by atoms with van der Waals surface area (Å²) in [6, 6.07) is 7.83. The molecule has 1 saturated carbocycles. The number of benzene rings is 1. The normalized spacial score (nSPS) is 18.9. The summed E-state index contributed by atoms with van der Waals surface area (Å²) in [4.78, 5) is 8.33. The summed E-state index contributed by atoms with van der Waals surface area (Å²) in [5.74, 6) is 0.403. The van der Waals surface area contributed by atoms with Crippen LogP contribution in [0.3, 0.4) is 0 Å². The molecule has 1 aromatic carbocycles. The van der Waals surface area contributed by atoms with Gasteiger partial charge in [0, 0.05) is 11.9 Å². The molecule has 122 valence electrons. The van der Waals surface area contributed by atoms with E-state index >= 15 is 0 Å². The van der Waals surface area contributed by atoms with Crippen LogP contribution in [0.4, 0.5) is 4.39 Å². The summed E-state index contributed by atoms with van der Waals surface area (Å²) in [5.41, 5.74) is 1.55. The van der Waals surface area contributed by atoms with E-state index in [4.69, 9.17) is 9.26 Å². The molecule has 25 heavy (non-hydrogen) atoms. The van der Waals surface area contributed by atoms with Gasteiger partial charge in [-0.05, 0) is 36.5 Å². The van der Waals surface area contributed by atoms with Gasteiger partial charge in [0.15, 0.2) is 5.76 Å². The SMILES string of the molecule is [Na+].[O-]c1cc(-c2cnc(OC3CC(c4ccc(F)cc4)C3)cn2)on1. The Kier molecular flexibility index (Phi) is 5.36. The molecule has 0 spiro atoms. The average Bonchev–Trinajstić information content (AvgIpc) is 2.99. The van der Waals surface area contributed by atoms with Crippen LogP contribution in [0.1, 0.15) is 24.3 Å². The van der Waals surface area contributed by atoms with E-state index in [0.717, 1.165) is 18.4 Å². The third-order valence-corrected chi connectivity index (χ3v) is 4.09. The Morgan fingerprint density at radius 3 is 2.48 bits per heavy atom. The van der Waals surface area contributed by atoms with E-state index in [2.05, 4.69) is 15.1 Å². The summed E-state index contributed by atoms with van der Waals surface area (Å²) < 4.78 is 23.5. The zero-order valence-electron chi connectivity index (χ0n) is 13.6. The predicted molar refractivity (Wildman–Crippen MR) is 79.8 cm³/mol. The molecule has 1 fully saturated rings.